The Labute approximate surface area is 166 Å². The van der Waals surface area contributed by atoms with E-state index in [0.717, 1.165) is 10.5 Å². The fraction of sp³-hybridized carbons (Fsp3) is 0.190. The Hall–Kier alpha value is -3.14. The molecule has 0 radical (unpaired) electrons. The Morgan fingerprint density at radius 3 is 2.68 bits per heavy atom. The molecule has 142 valence electrons. The summed E-state index contributed by atoms with van der Waals surface area (Å²) >= 11 is 6.01. The van der Waals surface area contributed by atoms with Crippen molar-refractivity contribution in [3.05, 3.63) is 63.9 Å². The Kier molecular flexibility index (Phi) is 5.50. The van der Waals surface area contributed by atoms with Crippen molar-refractivity contribution in [2.45, 2.75) is 20.0 Å². The lowest BCUT2D eigenvalue weighted by Gasteiger charge is -2.28. The second-order valence-corrected chi connectivity index (χ2v) is 6.89. The van der Waals surface area contributed by atoms with Crippen molar-refractivity contribution in [1.82, 2.24) is 4.90 Å². The first-order valence-electron chi connectivity index (χ1n) is 8.55. The molecular weight excluding hydrogens is 380 g/mol. The zero-order valence-corrected chi connectivity index (χ0v) is 16.0. The predicted octanol–water partition coefficient (Wildman–Crippen LogP) is 3.57. The highest BCUT2D eigenvalue weighted by molar-refractivity contribution is 6.30. The van der Waals surface area contributed by atoms with E-state index in [0.29, 0.717) is 16.5 Å². The van der Waals surface area contributed by atoms with E-state index in [2.05, 4.69) is 0 Å². The molecule has 3 rings (SSSR count). The highest BCUT2D eigenvalue weighted by Gasteiger charge is 2.36. The van der Waals surface area contributed by atoms with Gasteiger partial charge in [0.15, 0.2) is 0 Å². The fourth-order valence-corrected chi connectivity index (χ4v) is 3.12. The van der Waals surface area contributed by atoms with Crippen molar-refractivity contribution < 1.29 is 19.1 Å². The molecule has 1 aromatic heterocycles. The summed E-state index contributed by atoms with van der Waals surface area (Å²) in [5, 5.41) is 19.5. The molecule has 2 heterocycles. The number of benzene rings is 1. The molecule has 2 aromatic rings. The van der Waals surface area contributed by atoms with Crippen LogP contribution in [0.15, 0.2) is 57.5 Å². The monoisotopic (exact) mass is 396 g/mol. The van der Waals surface area contributed by atoms with Crippen molar-refractivity contribution in [3.63, 3.8) is 0 Å². The van der Waals surface area contributed by atoms with Crippen molar-refractivity contribution in [3.8, 4) is 17.4 Å². The van der Waals surface area contributed by atoms with Gasteiger partial charge >= 0.3 is 0 Å². The maximum Gasteiger partial charge on any atom is 0.271 e. The largest absolute Gasteiger partial charge is 0.457 e. The van der Waals surface area contributed by atoms with Gasteiger partial charge in [-0.2, -0.15) is 5.26 Å². The zero-order valence-electron chi connectivity index (χ0n) is 15.3. The molecule has 28 heavy (non-hydrogen) atoms. The summed E-state index contributed by atoms with van der Waals surface area (Å²) in [5.74, 6) is -0.330. The summed E-state index contributed by atoms with van der Waals surface area (Å²) in [5.41, 5.74) is 1.10. The lowest BCUT2D eigenvalue weighted by molar-refractivity contribution is -0.141. The van der Waals surface area contributed by atoms with E-state index in [-0.39, 0.29) is 23.3 Å². The number of amides is 2. The number of β-amino-alcohol motifs (C(OH)–C–C–N with tert-alkyl or cyclic N) is 1. The van der Waals surface area contributed by atoms with Gasteiger partial charge < -0.3 is 9.52 Å². The molecule has 1 aliphatic rings. The van der Waals surface area contributed by atoms with Crippen molar-refractivity contribution in [1.29, 1.82) is 5.26 Å². The molecule has 6 nitrogen and oxygen atoms in total. The number of hydrogen-bond acceptors (Lipinski definition) is 5. The third-order valence-electron chi connectivity index (χ3n) is 4.29. The SMILES string of the molecule is CC1=C(C#N)C(=O)N(CC(C)O)C(=O)/C1=C/c1ccc(-c2cccc(Cl)c2)o1. The number of nitrogens with zero attached hydrogens (tertiary/aromatic N) is 2. The van der Waals surface area contributed by atoms with Crippen molar-refractivity contribution in [2.75, 3.05) is 6.54 Å². The molecule has 1 aliphatic heterocycles. The molecule has 1 atom stereocenters. The van der Waals surface area contributed by atoms with Crippen LogP contribution in [0.4, 0.5) is 0 Å². The van der Waals surface area contributed by atoms with Crippen LogP contribution in [-0.2, 0) is 9.59 Å². The summed E-state index contributed by atoms with van der Waals surface area (Å²) in [6, 6.07) is 12.4. The Morgan fingerprint density at radius 1 is 1.29 bits per heavy atom. The molecule has 0 spiro atoms. The molecule has 7 heteroatoms. The van der Waals surface area contributed by atoms with Crippen LogP contribution in [0.3, 0.4) is 0 Å². The summed E-state index contributed by atoms with van der Waals surface area (Å²) < 4.78 is 5.79. The van der Waals surface area contributed by atoms with E-state index < -0.39 is 17.9 Å². The van der Waals surface area contributed by atoms with Gasteiger partial charge in [-0.05, 0) is 49.8 Å². The summed E-state index contributed by atoms with van der Waals surface area (Å²) in [6.07, 6.45) is 0.579. The second kappa shape index (κ2) is 7.85. The van der Waals surface area contributed by atoms with E-state index in [1.54, 1.807) is 37.3 Å². The maximum atomic E-state index is 12.8. The first-order valence-corrected chi connectivity index (χ1v) is 8.92. The lowest BCUT2D eigenvalue weighted by atomic mass is 9.94. The van der Waals surface area contributed by atoms with Crippen LogP contribution < -0.4 is 0 Å². The van der Waals surface area contributed by atoms with E-state index in [4.69, 9.17) is 16.0 Å². The number of carbonyl (C=O) groups is 2. The summed E-state index contributed by atoms with van der Waals surface area (Å²) in [6.45, 7) is 2.81. The van der Waals surface area contributed by atoms with E-state index in [1.165, 1.54) is 13.0 Å². The molecule has 1 N–H and O–H groups in total. The molecule has 0 bridgehead atoms. The smallest absolute Gasteiger partial charge is 0.271 e. The average Bonchev–Trinajstić information content (AvgIpc) is 3.11. The van der Waals surface area contributed by atoms with Crippen molar-refractivity contribution >= 4 is 29.5 Å². The topological polar surface area (TPSA) is 94.5 Å². The molecular formula is C21H17ClN2O4. The van der Waals surface area contributed by atoms with E-state index in [1.807, 2.05) is 12.1 Å². The number of aliphatic hydroxyl groups is 1. The number of hydrogen-bond donors (Lipinski definition) is 1. The van der Waals surface area contributed by atoms with Crippen LogP contribution in [0.25, 0.3) is 17.4 Å². The van der Waals surface area contributed by atoms with Crippen LogP contribution in [0.1, 0.15) is 19.6 Å². The molecule has 2 amide bonds. The molecule has 0 saturated carbocycles. The van der Waals surface area contributed by atoms with E-state index >= 15 is 0 Å². The molecule has 1 aromatic carbocycles. The lowest BCUT2D eigenvalue weighted by Crippen LogP contribution is -2.45. The van der Waals surface area contributed by atoms with Gasteiger partial charge in [0.1, 0.15) is 23.2 Å². The minimum atomic E-state index is -0.912. The van der Waals surface area contributed by atoms with Crippen LogP contribution >= 0.6 is 11.6 Å². The molecule has 0 aliphatic carbocycles. The normalized spacial score (nSPS) is 17.2. The average molecular weight is 397 g/mol. The summed E-state index contributed by atoms with van der Waals surface area (Å²) in [7, 11) is 0. The second-order valence-electron chi connectivity index (χ2n) is 6.45. The highest BCUT2D eigenvalue weighted by Crippen LogP contribution is 2.30. The number of furan rings is 1. The minimum Gasteiger partial charge on any atom is -0.457 e. The third kappa shape index (κ3) is 3.77. The molecule has 0 saturated heterocycles. The number of aliphatic hydroxyl groups excluding tert-OH is 1. The minimum absolute atomic E-state index is 0.131. The van der Waals surface area contributed by atoms with Gasteiger partial charge in [0.05, 0.1) is 12.6 Å². The maximum absolute atomic E-state index is 12.8. The van der Waals surface area contributed by atoms with Crippen molar-refractivity contribution in [2.24, 2.45) is 0 Å². The van der Waals surface area contributed by atoms with Gasteiger partial charge in [0, 0.05) is 16.2 Å². The predicted molar refractivity (Wildman–Crippen MR) is 104 cm³/mol. The number of nitriles is 1. The van der Waals surface area contributed by atoms with Crippen LogP contribution in [-0.4, -0.2) is 34.5 Å². The van der Waals surface area contributed by atoms with E-state index in [9.17, 15) is 20.0 Å². The molecule has 1 unspecified atom stereocenters. The quantitative estimate of drug-likeness (QED) is 0.629. The number of imide groups is 1. The zero-order chi connectivity index (χ0) is 20.4. The number of halogens is 1. The third-order valence-corrected chi connectivity index (χ3v) is 4.53. The standard InChI is InChI=1S/C21H17ClN2O4/c1-12(25)11-24-20(26)17(13(2)18(10-23)21(24)27)9-16-6-7-19(28-16)14-4-3-5-15(22)8-14/h3-9,12,25H,11H2,1-2H3/b17-9+. The Bertz CT molecular complexity index is 1060. The Morgan fingerprint density at radius 2 is 2.04 bits per heavy atom. The molecule has 0 fully saturated rings. The van der Waals surface area contributed by atoms with Gasteiger partial charge in [-0.25, -0.2) is 0 Å². The van der Waals surface area contributed by atoms with Gasteiger partial charge in [-0.3, -0.25) is 14.5 Å². The fourth-order valence-electron chi connectivity index (χ4n) is 2.93. The van der Waals surface area contributed by atoms with Crippen LogP contribution in [0.5, 0.6) is 0 Å². The number of rotatable bonds is 4. The first kappa shape index (κ1) is 19.6. The van der Waals surface area contributed by atoms with Crippen LogP contribution in [0.2, 0.25) is 5.02 Å². The van der Waals surface area contributed by atoms with Crippen LogP contribution in [0, 0.1) is 11.3 Å². The van der Waals surface area contributed by atoms with Gasteiger partial charge in [0.25, 0.3) is 11.8 Å². The van der Waals surface area contributed by atoms with Gasteiger partial charge in [0.2, 0.25) is 0 Å². The summed E-state index contributed by atoms with van der Waals surface area (Å²) in [4.78, 5) is 26.1. The first-order chi connectivity index (χ1) is 13.3. The van der Waals surface area contributed by atoms with Gasteiger partial charge in [-0.15, -0.1) is 0 Å². The Balaban J connectivity index is 2.02. The highest BCUT2D eigenvalue weighted by atomic mass is 35.5. The number of carbonyl (C=O) groups excluding carboxylic acids is 2. The van der Waals surface area contributed by atoms with Gasteiger partial charge in [-0.1, -0.05) is 23.7 Å².